The summed E-state index contributed by atoms with van der Waals surface area (Å²) in [6, 6.07) is 0.323. The van der Waals surface area contributed by atoms with Crippen molar-refractivity contribution < 1.29 is 9.53 Å². The molecule has 7 heteroatoms. The van der Waals surface area contributed by atoms with Gasteiger partial charge in [-0.3, -0.25) is 4.79 Å². The number of rotatable bonds is 2. The maximum Gasteiger partial charge on any atom is 0.276 e. The Balaban J connectivity index is 1.69. The fourth-order valence-corrected chi connectivity index (χ4v) is 2.35. The molecular formula is C11H17N5O2. The zero-order chi connectivity index (χ0) is 12.4. The molecule has 2 aliphatic heterocycles. The topological polar surface area (TPSA) is 72.3 Å². The van der Waals surface area contributed by atoms with E-state index < -0.39 is 0 Å². The molecule has 2 aliphatic rings. The molecule has 0 bridgehead atoms. The number of hydrogen-bond donors (Lipinski definition) is 1. The number of morpholine rings is 1. The molecule has 7 nitrogen and oxygen atoms in total. The lowest BCUT2D eigenvalue weighted by Crippen LogP contribution is -2.40. The Morgan fingerprint density at radius 1 is 1.44 bits per heavy atom. The summed E-state index contributed by atoms with van der Waals surface area (Å²) < 4.78 is 7.03. The zero-order valence-electron chi connectivity index (χ0n) is 10.2. The zero-order valence-corrected chi connectivity index (χ0v) is 10.2. The Hall–Kier alpha value is -1.47. The van der Waals surface area contributed by atoms with Crippen LogP contribution in [0, 0.1) is 0 Å². The van der Waals surface area contributed by atoms with Crippen LogP contribution in [0.3, 0.4) is 0 Å². The monoisotopic (exact) mass is 251 g/mol. The van der Waals surface area contributed by atoms with Crippen molar-refractivity contribution in [1.29, 1.82) is 0 Å². The molecule has 98 valence electrons. The van der Waals surface area contributed by atoms with Crippen molar-refractivity contribution in [2.75, 3.05) is 39.4 Å². The highest BCUT2D eigenvalue weighted by Gasteiger charge is 2.23. The fourth-order valence-electron chi connectivity index (χ4n) is 2.35. The molecule has 0 unspecified atom stereocenters. The van der Waals surface area contributed by atoms with Crippen LogP contribution in [0.4, 0.5) is 0 Å². The largest absolute Gasteiger partial charge is 0.378 e. The second-order valence-corrected chi connectivity index (χ2v) is 4.63. The van der Waals surface area contributed by atoms with Crippen LogP contribution in [-0.4, -0.2) is 65.2 Å². The Bertz CT molecular complexity index is 421. The third-order valence-corrected chi connectivity index (χ3v) is 3.44. The van der Waals surface area contributed by atoms with E-state index >= 15 is 0 Å². The summed E-state index contributed by atoms with van der Waals surface area (Å²) in [4.78, 5) is 13.9. The van der Waals surface area contributed by atoms with Crippen LogP contribution < -0.4 is 5.32 Å². The van der Waals surface area contributed by atoms with E-state index in [0.29, 0.717) is 38.0 Å². The highest BCUT2D eigenvalue weighted by atomic mass is 16.5. The van der Waals surface area contributed by atoms with E-state index in [1.165, 1.54) is 0 Å². The van der Waals surface area contributed by atoms with Gasteiger partial charge >= 0.3 is 0 Å². The Morgan fingerprint density at radius 3 is 3.00 bits per heavy atom. The minimum Gasteiger partial charge on any atom is -0.378 e. The smallest absolute Gasteiger partial charge is 0.276 e. The lowest BCUT2D eigenvalue weighted by atomic mass is 10.3. The van der Waals surface area contributed by atoms with E-state index in [1.807, 2.05) is 0 Å². The van der Waals surface area contributed by atoms with E-state index in [4.69, 9.17) is 4.74 Å². The first kappa shape index (κ1) is 11.6. The van der Waals surface area contributed by atoms with Gasteiger partial charge in [-0.1, -0.05) is 5.21 Å². The third-order valence-electron chi connectivity index (χ3n) is 3.44. The van der Waals surface area contributed by atoms with Crippen LogP contribution in [0.2, 0.25) is 0 Å². The highest BCUT2D eigenvalue weighted by Crippen LogP contribution is 2.14. The van der Waals surface area contributed by atoms with Gasteiger partial charge in [0.05, 0.1) is 25.5 Å². The van der Waals surface area contributed by atoms with E-state index in [2.05, 4.69) is 15.6 Å². The molecule has 1 N–H and O–H groups in total. The lowest BCUT2D eigenvalue weighted by Gasteiger charge is -2.25. The molecular weight excluding hydrogens is 234 g/mol. The summed E-state index contributed by atoms with van der Waals surface area (Å²) >= 11 is 0. The van der Waals surface area contributed by atoms with Crippen LogP contribution in [-0.2, 0) is 4.74 Å². The van der Waals surface area contributed by atoms with Gasteiger partial charge in [0.15, 0.2) is 5.69 Å². The van der Waals surface area contributed by atoms with E-state index in [-0.39, 0.29) is 5.91 Å². The molecule has 1 amide bonds. The number of carbonyl (C=O) groups is 1. The summed E-state index contributed by atoms with van der Waals surface area (Å²) in [5.74, 6) is -0.0458. The molecule has 3 rings (SSSR count). The van der Waals surface area contributed by atoms with Crippen LogP contribution in [0.1, 0.15) is 23.0 Å². The van der Waals surface area contributed by atoms with Crippen molar-refractivity contribution >= 4 is 5.91 Å². The summed E-state index contributed by atoms with van der Waals surface area (Å²) in [6.07, 6.45) is 2.80. The number of nitrogens with one attached hydrogen (secondary N) is 1. The van der Waals surface area contributed by atoms with Crippen molar-refractivity contribution in [3.63, 3.8) is 0 Å². The average Bonchev–Trinajstić information content (AvgIpc) is 3.09. The predicted molar refractivity (Wildman–Crippen MR) is 63.3 cm³/mol. The van der Waals surface area contributed by atoms with Gasteiger partial charge in [-0.15, -0.1) is 5.10 Å². The number of aromatic nitrogens is 3. The van der Waals surface area contributed by atoms with Gasteiger partial charge in [0, 0.05) is 19.6 Å². The summed E-state index contributed by atoms with van der Waals surface area (Å²) in [5.41, 5.74) is 0.434. The third kappa shape index (κ3) is 2.23. The van der Waals surface area contributed by atoms with Crippen LogP contribution in [0.15, 0.2) is 6.20 Å². The van der Waals surface area contributed by atoms with E-state index in [9.17, 15) is 4.79 Å². The molecule has 3 heterocycles. The maximum atomic E-state index is 12.2. The normalized spacial score (nSPS) is 24.4. The Kier molecular flexibility index (Phi) is 3.24. The molecule has 0 radical (unpaired) electrons. The van der Waals surface area contributed by atoms with Gasteiger partial charge in [-0.25, -0.2) is 4.68 Å². The molecule has 1 aromatic rings. The van der Waals surface area contributed by atoms with Gasteiger partial charge in [0.1, 0.15) is 0 Å². The van der Waals surface area contributed by atoms with Crippen molar-refractivity contribution in [3.8, 4) is 0 Å². The maximum absolute atomic E-state index is 12.2. The van der Waals surface area contributed by atoms with Gasteiger partial charge in [-0.2, -0.15) is 0 Å². The van der Waals surface area contributed by atoms with Crippen molar-refractivity contribution in [1.82, 2.24) is 25.2 Å². The molecule has 2 fully saturated rings. The van der Waals surface area contributed by atoms with Gasteiger partial charge in [0.25, 0.3) is 5.91 Å². The highest BCUT2D eigenvalue weighted by molar-refractivity contribution is 5.92. The van der Waals surface area contributed by atoms with Crippen molar-refractivity contribution in [2.24, 2.45) is 0 Å². The SMILES string of the molecule is O=C(c1cn([C@@H]2CCNC2)nn1)N1CCOCC1. The van der Waals surface area contributed by atoms with Gasteiger partial charge < -0.3 is 15.0 Å². The Labute approximate surface area is 105 Å². The first-order valence-corrected chi connectivity index (χ1v) is 6.34. The minimum atomic E-state index is -0.0458. The minimum absolute atomic E-state index is 0.0458. The molecule has 18 heavy (non-hydrogen) atoms. The number of ether oxygens (including phenoxy) is 1. The van der Waals surface area contributed by atoms with Crippen molar-refractivity contribution in [2.45, 2.75) is 12.5 Å². The van der Waals surface area contributed by atoms with Crippen molar-refractivity contribution in [3.05, 3.63) is 11.9 Å². The standard InChI is InChI=1S/C11H17N5O2/c17-11(15-3-5-18-6-4-15)10-8-16(14-13-10)9-1-2-12-7-9/h8-9,12H,1-7H2/t9-/m1/s1. The Morgan fingerprint density at radius 2 is 2.28 bits per heavy atom. The molecule has 0 spiro atoms. The molecule has 0 aromatic carbocycles. The molecule has 0 saturated carbocycles. The molecule has 0 aliphatic carbocycles. The van der Waals surface area contributed by atoms with Crippen LogP contribution in [0.5, 0.6) is 0 Å². The van der Waals surface area contributed by atoms with Gasteiger partial charge in [-0.05, 0) is 13.0 Å². The number of amides is 1. The summed E-state index contributed by atoms with van der Waals surface area (Å²) in [5, 5.41) is 11.3. The summed E-state index contributed by atoms with van der Waals surface area (Å²) in [7, 11) is 0. The fraction of sp³-hybridized carbons (Fsp3) is 0.727. The molecule has 1 aromatic heterocycles. The van der Waals surface area contributed by atoms with Crippen LogP contribution >= 0.6 is 0 Å². The number of nitrogens with zero attached hydrogens (tertiary/aromatic N) is 4. The first-order valence-electron chi connectivity index (χ1n) is 6.34. The van der Waals surface area contributed by atoms with Gasteiger partial charge in [0.2, 0.25) is 0 Å². The lowest BCUT2D eigenvalue weighted by molar-refractivity contribution is 0.0299. The van der Waals surface area contributed by atoms with Crippen LogP contribution in [0.25, 0.3) is 0 Å². The molecule has 2 saturated heterocycles. The van der Waals surface area contributed by atoms with E-state index in [1.54, 1.807) is 15.8 Å². The summed E-state index contributed by atoms with van der Waals surface area (Å²) in [6.45, 7) is 4.37. The predicted octanol–water partition coefficient (Wildman–Crippen LogP) is -0.715. The second-order valence-electron chi connectivity index (χ2n) is 4.63. The second kappa shape index (κ2) is 5.03. The average molecular weight is 251 g/mol. The first-order chi connectivity index (χ1) is 8.84. The quantitative estimate of drug-likeness (QED) is 0.751. The number of carbonyl (C=O) groups excluding carboxylic acids is 1. The molecule has 1 atom stereocenters. The number of hydrogen-bond acceptors (Lipinski definition) is 5. The van der Waals surface area contributed by atoms with E-state index in [0.717, 1.165) is 19.5 Å².